The zero-order valence-electron chi connectivity index (χ0n) is 8.00. The van der Waals surface area contributed by atoms with Gasteiger partial charge in [0.15, 0.2) is 0 Å². The van der Waals surface area contributed by atoms with Crippen LogP contribution >= 0.6 is 0 Å². The molecular formula is C11H19N. The Labute approximate surface area is 75.1 Å². The molecule has 1 aliphatic carbocycles. The molecule has 1 nitrogen and oxygen atoms in total. The Morgan fingerprint density at radius 2 is 2.08 bits per heavy atom. The van der Waals surface area contributed by atoms with Crippen LogP contribution in [0.15, 0.2) is 0 Å². The Bertz CT molecular complexity index is 167. The van der Waals surface area contributed by atoms with Crippen molar-refractivity contribution in [1.29, 1.82) is 0 Å². The Morgan fingerprint density at radius 1 is 1.17 bits per heavy atom. The maximum absolute atomic E-state index is 2.84. The summed E-state index contributed by atoms with van der Waals surface area (Å²) in [6.45, 7) is 3.79. The molecule has 12 heavy (non-hydrogen) atoms. The van der Waals surface area contributed by atoms with Crippen LogP contribution in [0.25, 0.3) is 0 Å². The van der Waals surface area contributed by atoms with Crippen molar-refractivity contribution in [3.63, 3.8) is 0 Å². The van der Waals surface area contributed by atoms with Gasteiger partial charge >= 0.3 is 0 Å². The van der Waals surface area contributed by atoms with Crippen LogP contribution in [0.1, 0.15) is 39.0 Å². The third kappa shape index (κ3) is 0.736. The van der Waals surface area contributed by atoms with E-state index in [9.17, 15) is 0 Å². The van der Waals surface area contributed by atoms with Crippen LogP contribution in [0, 0.1) is 11.8 Å². The van der Waals surface area contributed by atoms with Gasteiger partial charge in [0.25, 0.3) is 0 Å². The Balaban J connectivity index is 1.88. The minimum Gasteiger partial charge on any atom is -0.297 e. The van der Waals surface area contributed by atoms with Gasteiger partial charge in [-0.1, -0.05) is 13.3 Å². The zero-order chi connectivity index (χ0) is 8.13. The SMILES string of the molecule is CCC1C2CCN1C1CCCC21. The molecule has 2 bridgehead atoms. The van der Waals surface area contributed by atoms with Gasteiger partial charge < -0.3 is 0 Å². The second-order valence-electron chi connectivity index (χ2n) is 4.83. The van der Waals surface area contributed by atoms with E-state index in [-0.39, 0.29) is 0 Å². The summed E-state index contributed by atoms with van der Waals surface area (Å²) in [5, 5.41) is 0. The van der Waals surface area contributed by atoms with Crippen LogP contribution < -0.4 is 0 Å². The molecule has 0 aromatic rings. The smallest absolute Gasteiger partial charge is 0.0130 e. The molecule has 0 radical (unpaired) electrons. The molecule has 0 N–H and O–H groups in total. The summed E-state index contributed by atoms with van der Waals surface area (Å²) in [7, 11) is 0. The fraction of sp³-hybridized carbons (Fsp3) is 1.00. The maximum Gasteiger partial charge on any atom is 0.0130 e. The van der Waals surface area contributed by atoms with Gasteiger partial charge in [0.05, 0.1) is 0 Å². The van der Waals surface area contributed by atoms with Gasteiger partial charge in [-0.2, -0.15) is 0 Å². The summed E-state index contributed by atoms with van der Waals surface area (Å²) in [6, 6.07) is 2.01. The van der Waals surface area contributed by atoms with Gasteiger partial charge in [-0.25, -0.2) is 0 Å². The van der Waals surface area contributed by atoms with Crippen molar-refractivity contribution < 1.29 is 0 Å². The molecule has 1 heteroatoms. The lowest BCUT2D eigenvalue weighted by Crippen LogP contribution is -2.34. The number of piperidine rings is 1. The van der Waals surface area contributed by atoms with Crippen molar-refractivity contribution in [1.82, 2.24) is 4.90 Å². The first-order valence-corrected chi connectivity index (χ1v) is 5.67. The van der Waals surface area contributed by atoms with E-state index < -0.39 is 0 Å². The van der Waals surface area contributed by atoms with Gasteiger partial charge in [0.2, 0.25) is 0 Å². The highest BCUT2D eigenvalue weighted by Gasteiger charge is 2.53. The van der Waals surface area contributed by atoms with Crippen LogP contribution in [0.5, 0.6) is 0 Å². The van der Waals surface area contributed by atoms with Crippen molar-refractivity contribution in [3.05, 3.63) is 0 Å². The van der Waals surface area contributed by atoms with Crippen molar-refractivity contribution in [2.45, 2.75) is 51.1 Å². The highest BCUT2D eigenvalue weighted by molar-refractivity contribution is 5.06. The molecule has 0 spiro atoms. The first-order valence-electron chi connectivity index (χ1n) is 5.67. The van der Waals surface area contributed by atoms with Gasteiger partial charge in [0.1, 0.15) is 0 Å². The van der Waals surface area contributed by atoms with Crippen LogP contribution in [-0.2, 0) is 0 Å². The van der Waals surface area contributed by atoms with E-state index in [0.29, 0.717) is 0 Å². The zero-order valence-corrected chi connectivity index (χ0v) is 8.00. The average Bonchev–Trinajstić information content (AvgIpc) is 2.75. The fourth-order valence-corrected chi connectivity index (χ4v) is 4.23. The Morgan fingerprint density at radius 3 is 2.83 bits per heavy atom. The summed E-state index contributed by atoms with van der Waals surface area (Å²) < 4.78 is 0. The third-order valence-corrected chi connectivity index (χ3v) is 4.57. The van der Waals surface area contributed by atoms with E-state index in [1.807, 2.05) is 0 Å². The van der Waals surface area contributed by atoms with E-state index >= 15 is 0 Å². The van der Waals surface area contributed by atoms with Gasteiger partial charge in [0, 0.05) is 12.1 Å². The van der Waals surface area contributed by atoms with Crippen molar-refractivity contribution >= 4 is 0 Å². The quantitative estimate of drug-likeness (QED) is 0.576. The highest BCUT2D eigenvalue weighted by atomic mass is 15.3. The summed E-state index contributed by atoms with van der Waals surface area (Å²) in [5.41, 5.74) is 0. The normalized spacial score (nSPS) is 56.2. The Kier molecular flexibility index (Phi) is 1.52. The standard InChI is InChI=1S/C11H19N/c1-2-10-9-6-7-12(10)11-5-3-4-8(9)11/h8-11H,2-7H2,1H3. The number of hydrogen-bond donors (Lipinski definition) is 0. The van der Waals surface area contributed by atoms with Crippen LogP contribution in [-0.4, -0.2) is 23.5 Å². The molecule has 2 saturated heterocycles. The van der Waals surface area contributed by atoms with E-state index in [4.69, 9.17) is 0 Å². The summed E-state index contributed by atoms with van der Waals surface area (Å²) in [6.07, 6.45) is 7.48. The minimum atomic E-state index is 0.986. The van der Waals surface area contributed by atoms with E-state index in [1.165, 1.54) is 32.2 Å². The minimum absolute atomic E-state index is 0.986. The molecule has 0 aromatic heterocycles. The van der Waals surface area contributed by atoms with Crippen molar-refractivity contribution in [2.24, 2.45) is 11.8 Å². The van der Waals surface area contributed by atoms with E-state index in [0.717, 1.165) is 23.9 Å². The molecule has 5 atom stereocenters. The molecule has 2 aliphatic heterocycles. The molecule has 0 amide bonds. The van der Waals surface area contributed by atoms with Crippen LogP contribution in [0.4, 0.5) is 0 Å². The summed E-state index contributed by atoms with van der Waals surface area (Å²) >= 11 is 0. The first-order chi connectivity index (χ1) is 5.92. The number of hydrogen-bond acceptors (Lipinski definition) is 1. The molecule has 3 fully saturated rings. The third-order valence-electron chi connectivity index (χ3n) is 4.57. The van der Waals surface area contributed by atoms with Crippen molar-refractivity contribution in [2.75, 3.05) is 6.54 Å². The van der Waals surface area contributed by atoms with E-state index in [1.54, 1.807) is 6.42 Å². The predicted octanol–water partition coefficient (Wildman–Crippen LogP) is 2.27. The lowest BCUT2D eigenvalue weighted by atomic mass is 9.85. The molecule has 68 valence electrons. The van der Waals surface area contributed by atoms with Gasteiger partial charge in [-0.05, 0) is 44.1 Å². The van der Waals surface area contributed by atoms with E-state index in [2.05, 4.69) is 11.8 Å². The summed E-state index contributed by atoms with van der Waals surface area (Å²) in [5.74, 6) is 2.21. The molecule has 5 unspecified atom stereocenters. The largest absolute Gasteiger partial charge is 0.297 e. The topological polar surface area (TPSA) is 3.24 Å². The second kappa shape index (κ2) is 2.47. The molecule has 3 aliphatic rings. The molecule has 3 rings (SSSR count). The summed E-state index contributed by atoms with van der Waals surface area (Å²) in [4.78, 5) is 2.84. The second-order valence-corrected chi connectivity index (χ2v) is 4.83. The molecule has 2 heterocycles. The molecule has 1 saturated carbocycles. The highest BCUT2D eigenvalue weighted by Crippen LogP contribution is 2.51. The predicted molar refractivity (Wildman–Crippen MR) is 50.0 cm³/mol. The number of fused-ring (bicyclic) bond motifs is 5. The lowest BCUT2D eigenvalue weighted by molar-refractivity contribution is 0.201. The Hall–Kier alpha value is -0.0400. The fourth-order valence-electron chi connectivity index (χ4n) is 4.23. The first kappa shape index (κ1) is 7.37. The number of nitrogens with zero attached hydrogens (tertiary/aromatic N) is 1. The maximum atomic E-state index is 2.84. The lowest BCUT2D eigenvalue weighted by Gasteiger charge is -2.26. The van der Waals surface area contributed by atoms with Crippen LogP contribution in [0.2, 0.25) is 0 Å². The van der Waals surface area contributed by atoms with Gasteiger partial charge in [-0.3, -0.25) is 4.90 Å². The van der Waals surface area contributed by atoms with Crippen molar-refractivity contribution in [3.8, 4) is 0 Å². The van der Waals surface area contributed by atoms with Gasteiger partial charge in [-0.15, -0.1) is 0 Å². The molecular weight excluding hydrogens is 146 g/mol. The average molecular weight is 165 g/mol. The molecule has 0 aromatic carbocycles. The monoisotopic (exact) mass is 165 g/mol. The number of rotatable bonds is 1. The van der Waals surface area contributed by atoms with Crippen LogP contribution in [0.3, 0.4) is 0 Å².